The Labute approximate surface area is 97.8 Å². The molecule has 1 aromatic rings. The van der Waals surface area contributed by atoms with Gasteiger partial charge in [0.25, 0.3) is 0 Å². The molecule has 0 aliphatic heterocycles. The molecule has 0 bridgehead atoms. The van der Waals surface area contributed by atoms with Gasteiger partial charge in [-0.1, -0.05) is 48.6 Å². The fraction of sp³-hybridized carbons (Fsp3) is 0.200. The van der Waals surface area contributed by atoms with Crippen molar-refractivity contribution in [2.75, 3.05) is 7.11 Å². The quantitative estimate of drug-likeness (QED) is 0.681. The zero-order valence-electron chi connectivity index (χ0n) is 10.2. The number of ether oxygens (including phenoxy) is 1. The van der Waals surface area contributed by atoms with E-state index in [0.717, 1.165) is 22.5 Å². The van der Waals surface area contributed by atoms with Crippen molar-refractivity contribution in [3.63, 3.8) is 0 Å². The first-order chi connectivity index (χ1) is 7.69. The first-order valence-corrected chi connectivity index (χ1v) is 5.32. The number of hydrogen-bond acceptors (Lipinski definition) is 1. The highest BCUT2D eigenvalue weighted by Crippen LogP contribution is 2.26. The summed E-state index contributed by atoms with van der Waals surface area (Å²) in [6.45, 7) is 7.85. The molecule has 0 fully saturated rings. The van der Waals surface area contributed by atoms with Crippen molar-refractivity contribution in [2.24, 2.45) is 0 Å². The zero-order valence-corrected chi connectivity index (χ0v) is 10.2. The molecule has 0 atom stereocenters. The van der Waals surface area contributed by atoms with Gasteiger partial charge in [-0.15, -0.1) is 0 Å². The van der Waals surface area contributed by atoms with Gasteiger partial charge >= 0.3 is 0 Å². The van der Waals surface area contributed by atoms with E-state index in [1.807, 2.05) is 38.1 Å². The standard InChI is InChI=1S/C15H18O/c1-5-13(11-10-12(2)3)14-8-6-7-9-15(14)16-4/h5-11H,2H2,1,3-4H3/b11-10-,13-5+. The maximum absolute atomic E-state index is 5.34. The fourth-order valence-electron chi connectivity index (χ4n) is 1.46. The van der Waals surface area contributed by atoms with E-state index in [1.54, 1.807) is 7.11 Å². The molecule has 0 saturated heterocycles. The molecular formula is C15H18O. The first kappa shape index (κ1) is 12.3. The average molecular weight is 214 g/mol. The Morgan fingerprint density at radius 2 is 1.94 bits per heavy atom. The number of benzene rings is 1. The van der Waals surface area contributed by atoms with Gasteiger partial charge in [0.2, 0.25) is 0 Å². The largest absolute Gasteiger partial charge is 0.496 e. The maximum atomic E-state index is 5.34. The van der Waals surface area contributed by atoms with E-state index in [9.17, 15) is 0 Å². The Balaban J connectivity index is 3.10. The summed E-state index contributed by atoms with van der Waals surface area (Å²) < 4.78 is 5.34. The fourth-order valence-corrected chi connectivity index (χ4v) is 1.46. The Morgan fingerprint density at radius 1 is 1.25 bits per heavy atom. The topological polar surface area (TPSA) is 9.23 Å². The number of methoxy groups -OCH3 is 1. The Bertz CT molecular complexity index is 425. The molecule has 0 saturated carbocycles. The van der Waals surface area contributed by atoms with Crippen LogP contribution < -0.4 is 4.74 Å². The van der Waals surface area contributed by atoms with Crippen molar-refractivity contribution in [2.45, 2.75) is 13.8 Å². The molecule has 1 heteroatoms. The molecule has 1 aromatic carbocycles. The molecule has 0 spiro atoms. The Kier molecular flexibility index (Phi) is 4.59. The minimum absolute atomic E-state index is 0.891. The van der Waals surface area contributed by atoms with E-state index in [1.165, 1.54) is 0 Å². The van der Waals surface area contributed by atoms with Crippen molar-refractivity contribution >= 4 is 5.57 Å². The highest BCUT2D eigenvalue weighted by atomic mass is 16.5. The predicted molar refractivity (Wildman–Crippen MR) is 70.6 cm³/mol. The monoisotopic (exact) mass is 214 g/mol. The minimum Gasteiger partial charge on any atom is -0.496 e. The van der Waals surface area contributed by atoms with Gasteiger partial charge in [-0.05, 0) is 25.5 Å². The molecule has 0 heterocycles. The summed E-state index contributed by atoms with van der Waals surface area (Å²) in [5.74, 6) is 0.891. The van der Waals surface area contributed by atoms with Gasteiger partial charge < -0.3 is 4.74 Å². The molecule has 0 radical (unpaired) electrons. The summed E-state index contributed by atoms with van der Waals surface area (Å²) in [4.78, 5) is 0. The third kappa shape index (κ3) is 3.13. The molecular weight excluding hydrogens is 196 g/mol. The minimum atomic E-state index is 0.891. The first-order valence-electron chi connectivity index (χ1n) is 5.32. The van der Waals surface area contributed by atoms with Crippen molar-refractivity contribution in [1.82, 2.24) is 0 Å². The van der Waals surface area contributed by atoms with Crippen LogP contribution in [-0.2, 0) is 0 Å². The molecule has 84 valence electrons. The van der Waals surface area contributed by atoms with Gasteiger partial charge in [0.1, 0.15) is 5.75 Å². The average Bonchev–Trinajstić information content (AvgIpc) is 2.30. The lowest BCUT2D eigenvalue weighted by atomic mass is 10.0. The summed E-state index contributed by atoms with van der Waals surface area (Å²) in [7, 11) is 1.69. The van der Waals surface area contributed by atoms with E-state index >= 15 is 0 Å². The summed E-state index contributed by atoms with van der Waals surface area (Å²) >= 11 is 0. The third-order valence-corrected chi connectivity index (χ3v) is 2.28. The van der Waals surface area contributed by atoms with Crippen LogP contribution in [0.3, 0.4) is 0 Å². The number of rotatable bonds is 4. The summed E-state index contributed by atoms with van der Waals surface area (Å²) in [5.41, 5.74) is 3.28. The second-order valence-electron chi connectivity index (χ2n) is 3.62. The molecule has 1 nitrogen and oxygen atoms in total. The Morgan fingerprint density at radius 3 is 2.50 bits per heavy atom. The van der Waals surface area contributed by atoms with Crippen LogP contribution in [-0.4, -0.2) is 7.11 Å². The number of para-hydroxylation sites is 1. The van der Waals surface area contributed by atoms with Gasteiger partial charge in [-0.3, -0.25) is 0 Å². The second-order valence-corrected chi connectivity index (χ2v) is 3.62. The van der Waals surface area contributed by atoms with Crippen molar-refractivity contribution in [3.8, 4) is 5.75 Å². The lowest BCUT2D eigenvalue weighted by Gasteiger charge is -2.08. The molecule has 0 aliphatic rings. The third-order valence-electron chi connectivity index (χ3n) is 2.28. The van der Waals surface area contributed by atoms with Gasteiger partial charge in [-0.2, -0.15) is 0 Å². The second kappa shape index (κ2) is 5.96. The van der Waals surface area contributed by atoms with Crippen LogP contribution in [0.15, 0.2) is 54.6 Å². The van der Waals surface area contributed by atoms with Crippen molar-refractivity contribution in [1.29, 1.82) is 0 Å². The van der Waals surface area contributed by atoms with Crippen LogP contribution >= 0.6 is 0 Å². The van der Waals surface area contributed by atoms with Crippen LogP contribution in [0.4, 0.5) is 0 Å². The smallest absolute Gasteiger partial charge is 0.126 e. The van der Waals surface area contributed by atoms with E-state index in [2.05, 4.69) is 24.8 Å². The van der Waals surface area contributed by atoms with Gasteiger partial charge in [0.15, 0.2) is 0 Å². The summed E-state index contributed by atoms with van der Waals surface area (Å²) in [6.07, 6.45) is 6.12. The molecule has 0 aromatic heterocycles. The highest BCUT2D eigenvalue weighted by Gasteiger charge is 2.03. The van der Waals surface area contributed by atoms with Gasteiger partial charge in [0, 0.05) is 5.56 Å². The molecule has 16 heavy (non-hydrogen) atoms. The summed E-state index contributed by atoms with van der Waals surface area (Å²) in [5, 5.41) is 0. The molecule has 0 unspecified atom stereocenters. The van der Waals surface area contributed by atoms with Gasteiger partial charge in [0.05, 0.1) is 7.11 Å². The molecule has 0 N–H and O–H groups in total. The van der Waals surface area contributed by atoms with Gasteiger partial charge in [-0.25, -0.2) is 0 Å². The predicted octanol–water partition coefficient (Wildman–Crippen LogP) is 4.23. The molecule has 1 rings (SSSR count). The van der Waals surface area contributed by atoms with Crippen LogP contribution in [0.2, 0.25) is 0 Å². The van der Waals surface area contributed by atoms with Crippen LogP contribution in [0, 0.1) is 0 Å². The molecule has 0 amide bonds. The Hall–Kier alpha value is -1.76. The van der Waals surface area contributed by atoms with Crippen LogP contribution in [0.25, 0.3) is 5.57 Å². The molecule has 0 aliphatic carbocycles. The zero-order chi connectivity index (χ0) is 12.0. The van der Waals surface area contributed by atoms with Crippen LogP contribution in [0.5, 0.6) is 5.75 Å². The van der Waals surface area contributed by atoms with Crippen molar-refractivity contribution in [3.05, 3.63) is 60.2 Å². The van der Waals surface area contributed by atoms with Crippen LogP contribution in [0.1, 0.15) is 19.4 Å². The normalized spacial score (nSPS) is 11.8. The maximum Gasteiger partial charge on any atom is 0.126 e. The van der Waals surface area contributed by atoms with E-state index in [4.69, 9.17) is 4.74 Å². The van der Waals surface area contributed by atoms with E-state index in [0.29, 0.717) is 0 Å². The van der Waals surface area contributed by atoms with E-state index in [-0.39, 0.29) is 0 Å². The summed E-state index contributed by atoms with van der Waals surface area (Å²) in [6, 6.07) is 8.00. The van der Waals surface area contributed by atoms with E-state index < -0.39 is 0 Å². The lowest BCUT2D eigenvalue weighted by Crippen LogP contribution is -1.89. The number of hydrogen-bond donors (Lipinski definition) is 0. The lowest BCUT2D eigenvalue weighted by molar-refractivity contribution is 0.413. The SMILES string of the molecule is C=C(C)/C=C\C(=C/C)c1ccccc1OC. The highest BCUT2D eigenvalue weighted by molar-refractivity contribution is 5.77. The van der Waals surface area contributed by atoms with Crippen molar-refractivity contribution < 1.29 is 4.74 Å². The number of allylic oxidation sites excluding steroid dienone is 5.